The second-order valence-corrected chi connectivity index (χ2v) is 13.4. The number of sulfonamides is 3. The molecule has 1 N–H and O–H groups in total. The highest BCUT2D eigenvalue weighted by atomic mass is 32.2. The Kier molecular flexibility index (Phi) is 6.34. The molecule has 2 aromatic carbocycles. The molecule has 2 heterocycles. The van der Waals surface area contributed by atoms with Gasteiger partial charge in [-0.2, -0.15) is 8.61 Å². The maximum atomic E-state index is 12.8. The lowest BCUT2D eigenvalue weighted by molar-refractivity contribution is 0.476. The molecule has 9 nitrogen and oxygen atoms in total. The van der Waals surface area contributed by atoms with E-state index in [1.807, 2.05) is 0 Å². The van der Waals surface area contributed by atoms with Crippen molar-refractivity contribution in [1.29, 1.82) is 0 Å². The lowest BCUT2D eigenvalue weighted by Crippen LogP contribution is -2.28. The molecule has 2 aliphatic rings. The minimum absolute atomic E-state index is 0.0201. The van der Waals surface area contributed by atoms with Crippen LogP contribution in [-0.4, -0.2) is 60.0 Å². The number of hydrogen-bond donors (Lipinski definition) is 1. The number of hydrogen-bond acceptors (Lipinski definition) is 6. The van der Waals surface area contributed by atoms with Crippen LogP contribution in [0.5, 0.6) is 0 Å². The molecule has 32 heavy (non-hydrogen) atoms. The van der Waals surface area contributed by atoms with Crippen molar-refractivity contribution in [2.24, 2.45) is 0 Å². The van der Waals surface area contributed by atoms with Gasteiger partial charge in [0.25, 0.3) is 10.0 Å². The molecule has 174 valence electrons. The van der Waals surface area contributed by atoms with Crippen LogP contribution in [0.2, 0.25) is 0 Å². The number of anilines is 1. The Morgan fingerprint density at radius 3 is 1.59 bits per heavy atom. The Morgan fingerprint density at radius 2 is 1.06 bits per heavy atom. The smallest absolute Gasteiger partial charge is 0.261 e. The predicted octanol–water partition coefficient (Wildman–Crippen LogP) is 2.06. The van der Waals surface area contributed by atoms with Crippen molar-refractivity contribution in [3.05, 3.63) is 48.5 Å². The summed E-state index contributed by atoms with van der Waals surface area (Å²) in [5.41, 5.74) is 0.110. The highest BCUT2D eigenvalue weighted by molar-refractivity contribution is 7.92. The summed E-state index contributed by atoms with van der Waals surface area (Å²) in [4.78, 5) is -0.0608. The van der Waals surface area contributed by atoms with Gasteiger partial charge in [-0.15, -0.1) is 0 Å². The van der Waals surface area contributed by atoms with E-state index in [1.54, 1.807) is 0 Å². The summed E-state index contributed by atoms with van der Waals surface area (Å²) in [6.07, 6.45) is 3.22. The summed E-state index contributed by atoms with van der Waals surface area (Å²) in [7, 11) is -11.4. The number of benzene rings is 2. The molecule has 12 heteroatoms. The molecular weight excluding hydrogens is 474 g/mol. The minimum atomic E-state index is -4.04. The van der Waals surface area contributed by atoms with E-state index in [4.69, 9.17) is 0 Å². The van der Waals surface area contributed by atoms with E-state index < -0.39 is 30.1 Å². The zero-order chi connectivity index (χ0) is 23.0. The standard InChI is InChI=1S/C20H25N3O6S3/c24-30(25,18-8-10-19(11-9-18)31(26,27)22-12-1-2-13-22)21-17-6-5-7-20(16-17)32(28,29)23-14-3-4-15-23/h5-11,16,21H,1-4,12-15H2. The van der Waals surface area contributed by atoms with Gasteiger partial charge in [0.15, 0.2) is 0 Å². The Bertz CT molecular complexity index is 1290. The van der Waals surface area contributed by atoms with Crippen molar-refractivity contribution < 1.29 is 25.3 Å². The van der Waals surface area contributed by atoms with Gasteiger partial charge in [-0.05, 0) is 68.1 Å². The van der Waals surface area contributed by atoms with Crippen LogP contribution in [0.15, 0.2) is 63.2 Å². The summed E-state index contributed by atoms with van der Waals surface area (Å²) < 4.78 is 81.5. The molecule has 4 rings (SSSR count). The first kappa shape index (κ1) is 23.2. The third-order valence-corrected chi connectivity index (χ3v) is 10.8. The molecule has 0 unspecified atom stereocenters. The van der Waals surface area contributed by atoms with Crippen molar-refractivity contribution in [3.63, 3.8) is 0 Å². The van der Waals surface area contributed by atoms with E-state index in [0.29, 0.717) is 26.2 Å². The van der Waals surface area contributed by atoms with Crippen LogP contribution < -0.4 is 4.72 Å². The number of nitrogens with one attached hydrogen (secondary N) is 1. The van der Waals surface area contributed by atoms with E-state index in [-0.39, 0.29) is 20.4 Å². The molecule has 2 saturated heterocycles. The normalized spacial score (nSPS) is 18.8. The molecule has 0 bridgehead atoms. The second-order valence-electron chi connectivity index (χ2n) is 7.83. The van der Waals surface area contributed by atoms with Crippen LogP contribution in [0.1, 0.15) is 25.7 Å². The number of rotatable bonds is 7. The summed E-state index contributed by atoms with van der Waals surface area (Å²) in [5.74, 6) is 0. The Labute approximate surface area is 189 Å². The van der Waals surface area contributed by atoms with Crippen LogP contribution in [0.3, 0.4) is 0 Å². The van der Waals surface area contributed by atoms with Crippen LogP contribution in [0.25, 0.3) is 0 Å². The fourth-order valence-corrected chi connectivity index (χ4v) is 8.01. The molecule has 0 amide bonds. The van der Waals surface area contributed by atoms with Crippen molar-refractivity contribution in [2.45, 2.75) is 40.4 Å². The molecule has 2 aromatic rings. The maximum Gasteiger partial charge on any atom is 0.261 e. The molecule has 0 spiro atoms. The van der Waals surface area contributed by atoms with Gasteiger partial charge in [0.1, 0.15) is 0 Å². The largest absolute Gasteiger partial charge is 0.280 e. The summed E-state index contributed by atoms with van der Waals surface area (Å²) in [6, 6.07) is 10.7. The van der Waals surface area contributed by atoms with Crippen molar-refractivity contribution in [1.82, 2.24) is 8.61 Å². The van der Waals surface area contributed by atoms with Gasteiger partial charge in [-0.1, -0.05) is 6.07 Å². The zero-order valence-electron chi connectivity index (χ0n) is 17.3. The van der Waals surface area contributed by atoms with Gasteiger partial charge in [-0.3, -0.25) is 4.72 Å². The van der Waals surface area contributed by atoms with Crippen LogP contribution in [-0.2, 0) is 30.1 Å². The SMILES string of the molecule is O=S(=O)(Nc1cccc(S(=O)(=O)N2CCCC2)c1)c1ccc(S(=O)(=O)N2CCCC2)cc1. The molecule has 2 aliphatic heterocycles. The van der Waals surface area contributed by atoms with E-state index in [9.17, 15) is 25.3 Å². The second kappa shape index (κ2) is 8.75. The zero-order valence-corrected chi connectivity index (χ0v) is 19.8. The minimum Gasteiger partial charge on any atom is -0.280 e. The molecule has 0 saturated carbocycles. The van der Waals surface area contributed by atoms with Gasteiger partial charge < -0.3 is 0 Å². The van der Waals surface area contributed by atoms with Gasteiger partial charge in [0.05, 0.1) is 20.4 Å². The lowest BCUT2D eigenvalue weighted by Gasteiger charge is -2.17. The van der Waals surface area contributed by atoms with Crippen molar-refractivity contribution in [3.8, 4) is 0 Å². The molecule has 0 radical (unpaired) electrons. The lowest BCUT2D eigenvalue weighted by atomic mass is 10.3. The first-order valence-electron chi connectivity index (χ1n) is 10.3. The first-order chi connectivity index (χ1) is 15.1. The van der Waals surface area contributed by atoms with Crippen LogP contribution in [0, 0.1) is 0 Å². The summed E-state index contributed by atoms with van der Waals surface area (Å²) in [6.45, 7) is 1.82. The van der Waals surface area contributed by atoms with E-state index in [2.05, 4.69) is 4.72 Å². The average molecular weight is 500 g/mol. The topological polar surface area (TPSA) is 121 Å². The van der Waals surface area contributed by atoms with Gasteiger partial charge in [0, 0.05) is 26.2 Å². The van der Waals surface area contributed by atoms with E-state index in [0.717, 1.165) is 25.7 Å². The molecule has 0 aliphatic carbocycles. The van der Waals surface area contributed by atoms with E-state index >= 15 is 0 Å². The predicted molar refractivity (Wildman–Crippen MR) is 120 cm³/mol. The van der Waals surface area contributed by atoms with Crippen LogP contribution >= 0.6 is 0 Å². The number of nitrogens with zero attached hydrogens (tertiary/aromatic N) is 2. The highest BCUT2D eigenvalue weighted by Crippen LogP contribution is 2.26. The van der Waals surface area contributed by atoms with E-state index in [1.165, 1.54) is 57.1 Å². The Morgan fingerprint density at radius 1 is 0.594 bits per heavy atom. The third kappa shape index (κ3) is 4.55. The average Bonchev–Trinajstić information content (AvgIpc) is 3.48. The quantitative estimate of drug-likeness (QED) is 0.622. The molecule has 0 aromatic heterocycles. The van der Waals surface area contributed by atoms with Crippen LogP contribution in [0.4, 0.5) is 5.69 Å². The molecule has 2 fully saturated rings. The third-order valence-electron chi connectivity index (χ3n) is 5.63. The molecular formula is C20H25N3O6S3. The summed E-state index contributed by atoms with van der Waals surface area (Å²) >= 11 is 0. The molecule has 0 atom stereocenters. The van der Waals surface area contributed by atoms with Crippen molar-refractivity contribution in [2.75, 3.05) is 30.9 Å². The summed E-state index contributed by atoms with van der Waals surface area (Å²) in [5, 5.41) is 0. The maximum absolute atomic E-state index is 12.8. The Balaban J connectivity index is 1.55. The highest BCUT2D eigenvalue weighted by Gasteiger charge is 2.29. The van der Waals surface area contributed by atoms with Gasteiger partial charge >= 0.3 is 0 Å². The fourth-order valence-electron chi connectivity index (χ4n) is 3.88. The van der Waals surface area contributed by atoms with Gasteiger partial charge in [-0.25, -0.2) is 25.3 Å². The first-order valence-corrected chi connectivity index (χ1v) is 14.7. The monoisotopic (exact) mass is 499 g/mol. The Hall–Kier alpha value is -1.99. The van der Waals surface area contributed by atoms with Gasteiger partial charge in [0.2, 0.25) is 20.0 Å². The fraction of sp³-hybridized carbons (Fsp3) is 0.400. The van der Waals surface area contributed by atoms with Crippen molar-refractivity contribution >= 4 is 35.8 Å².